The summed E-state index contributed by atoms with van der Waals surface area (Å²) in [6.45, 7) is 1.38. The molecule has 112 valence electrons. The third-order valence-corrected chi connectivity index (χ3v) is 3.30. The minimum Gasteiger partial charge on any atom is -0.489 e. The van der Waals surface area contributed by atoms with Gasteiger partial charge in [0, 0.05) is 13.7 Å². The van der Waals surface area contributed by atoms with Crippen molar-refractivity contribution in [1.29, 1.82) is 0 Å². The van der Waals surface area contributed by atoms with Gasteiger partial charge < -0.3 is 15.2 Å². The summed E-state index contributed by atoms with van der Waals surface area (Å²) in [5.74, 6) is 0.505. The molecular weight excluding hydrogens is 269 g/mol. The maximum atomic E-state index is 13.1. The molecule has 0 spiro atoms. The third kappa shape index (κ3) is 4.55. The summed E-state index contributed by atoms with van der Waals surface area (Å²) in [5.41, 5.74) is 8.50. The topological polar surface area (TPSA) is 44.5 Å². The summed E-state index contributed by atoms with van der Waals surface area (Å²) < 4.78 is 23.9. The van der Waals surface area contributed by atoms with Gasteiger partial charge in [-0.1, -0.05) is 18.2 Å². The lowest BCUT2D eigenvalue weighted by Crippen LogP contribution is -2.05. The molecule has 4 heteroatoms. The van der Waals surface area contributed by atoms with E-state index in [0.717, 1.165) is 23.3 Å². The van der Waals surface area contributed by atoms with Gasteiger partial charge in [0.05, 0.1) is 6.61 Å². The molecule has 2 aromatic rings. The summed E-state index contributed by atoms with van der Waals surface area (Å²) in [5, 5.41) is 0. The van der Waals surface area contributed by atoms with Crippen LogP contribution in [0, 0.1) is 5.82 Å². The normalized spacial score (nSPS) is 10.6. The van der Waals surface area contributed by atoms with E-state index in [-0.39, 0.29) is 5.82 Å². The first kappa shape index (κ1) is 15.5. The van der Waals surface area contributed by atoms with Crippen LogP contribution in [0.15, 0.2) is 42.5 Å². The molecular formula is C17H20FNO2. The molecule has 0 fully saturated rings. The molecule has 2 rings (SSSR count). The van der Waals surface area contributed by atoms with E-state index in [1.54, 1.807) is 13.2 Å². The van der Waals surface area contributed by atoms with Crippen LogP contribution in [0.4, 0.5) is 4.39 Å². The molecule has 2 N–H and O–H groups in total. The summed E-state index contributed by atoms with van der Waals surface area (Å²) in [6.07, 6.45) is 0.881. The molecule has 0 heterocycles. The molecule has 0 saturated heterocycles. The van der Waals surface area contributed by atoms with Gasteiger partial charge >= 0.3 is 0 Å². The number of ether oxygens (including phenoxy) is 2. The molecule has 0 aromatic heterocycles. The lowest BCUT2D eigenvalue weighted by molar-refractivity contribution is 0.202. The van der Waals surface area contributed by atoms with Crippen LogP contribution < -0.4 is 10.5 Å². The average Bonchev–Trinajstić information content (AvgIpc) is 2.52. The molecule has 21 heavy (non-hydrogen) atoms. The highest BCUT2D eigenvalue weighted by Crippen LogP contribution is 2.17. The van der Waals surface area contributed by atoms with Gasteiger partial charge in [-0.2, -0.15) is 0 Å². The van der Waals surface area contributed by atoms with Gasteiger partial charge in [-0.15, -0.1) is 0 Å². The van der Waals surface area contributed by atoms with E-state index in [0.29, 0.717) is 19.8 Å². The van der Waals surface area contributed by atoms with Gasteiger partial charge in [-0.25, -0.2) is 4.39 Å². The Hall–Kier alpha value is -1.91. The predicted octanol–water partition coefficient (Wildman–Crippen LogP) is 3.05. The molecule has 0 atom stereocenters. The van der Waals surface area contributed by atoms with Crippen molar-refractivity contribution in [2.24, 2.45) is 5.73 Å². The molecule has 0 aliphatic rings. The maximum Gasteiger partial charge on any atom is 0.123 e. The van der Waals surface area contributed by atoms with Crippen LogP contribution in [0.1, 0.15) is 16.7 Å². The second-order valence-electron chi connectivity index (χ2n) is 4.79. The molecule has 0 amide bonds. The molecule has 0 aliphatic carbocycles. The molecule has 0 radical (unpaired) electrons. The number of rotatable bonds is 7. The number of hydrogen-bond donors (Lipinski definition) is 1. The van der Waals surface area contributed by atoms with Crippen LogP contribution in [0.2, 0.25) is 0 Å². The molecule has 2 aromatic carbocycles. The molecule has 0 bridgehead atoms. The van der Waals surface area contributed by atoms with Crippen LogP contribution in [0.5, 0.6) is 5.75 Å². The number of hydrogen-bond acceptors (Lipinski definition) is 3. The lowest BCUT2D eigenvalue weighted by atomic mass is 10.1. The SMILES string of the molecule is COCCc1ccc(OCc2ccc(F)cc2CN)cc1. The van der Waals surface area contributed by atoms with Gasteiger partial charge in [0.25, 0.3) is 0 Å². The highest BCUT2D eigenvalue weighted by atomic mass is 19.1. The van der Waals surface area contributed by atoms with Gasteiger partial charge in [-0.3, -0.25) is 0 Å². The van der Waals surface area contributed by atoms with Crippen molar-refractivity contribution >= 4 is 0 Å². The van der Waals surface area contributed by atoms with Crippen molar-refractivity contribution in [3.63, 3.8) is 0 Å². The van der Waals surface area contributed by atoms with E-state index in [9.17, 15) is 4.39 Å². The summed E-state index contributed by atoms with van der Waals surface area (Å²) in [7, 11) is 1.69. The van der Waals surface area contributed by atoms with Gasteiger partial charge in [0.1, 0.15) is 18.2 Å². The summed E-state index contributed by atoms with van der Waals surface area (Å²) in [4.78, 5) is 0. The van der Waals surface area contributed by atoms with Crippen LogP contribution in [-0.4, -0.2) is 13.7 Å². The maximum absolute atomic E-state index is 13.1. The molecule has 3 nitrogen and oxygen atoms in total. The average molecular weight is 289 g/mol. The quantitative estimate of drug-likeness (QED) is 0.852. The Kier molecular flexibility index (Phi) is 5.72. The van der Waals surface area contributed by atoms with E-state index in [4.69, 9.17) is 15.2 Å². The largest absolute Gasteiger partial charge is 0.489 e. The van der Waals surface area contributed by atoms with E-state index in [1.807, 2.05) is 24.3 Å². The zero-order chi connectivity index (χ0) is 15.1. The fraction of sp³-hybridized carbons (Fsp3) is 0.294. The van der Waals surface area contributed by atoms with Gasteiger partial charge in [0.2, 0.25) is 0 Å². The highest BCUT2D eigenvalue weighted by Gasteiger charge is 2.04. The Balaban J connectivity index is 1.96. The van der Waals surface area contributed by atoms with Crippen molar-refractivity contribution in [2.75, 3.05) is 13.7 Å². The van der Waals surface area contributed by atoms with Crippen LogP contribution in [0.25, 0.3) is 0 Å². The minimum absolute atomic E-state index is 0.276. The third-order valence-electron chi connectivity index (χ3n) is 3.30. The molecule has 0 unspecified atom stereocenters. The first-order valence-corrected chi connectivity index (χ1v) is 6.91. The Morgan fingerprint density at radius 2 is 1.81 bits per heavy atom. The highest BCUT2D eigenvalue weighted by molar-refractivity contribution is 5.30. The Labute approximate surface area is 124 Å². The van der Waals surface area contributed by atoms with E-state index in [1.165, 1.54) is 17.7 Å². The van der Waals surface area contributed by atoms with Crippen molar-refractivity contribution in [3.8, 4) is 5.75 Å². The second-order valence-corrected chi connectivity index (χ2v) is 4.79. The number of nitrogens with two attached hydrogens (primary N) is 1. The Morgan fingerprint density at radius 3 is 2.48 bits per heavy atom. The first-order valence-electron chi connectivity index (χ1n) is 6.91. The zero-order valence-corrected chi connectivity index (χ0v) is 12.1. The summed E-state index contributed by atoms with van der Waals surface area (Å²) in [6, 6.07) is 12.5. The van der Waals surface area contributed by atoms with Crippen molar-refractivity contribution < 1.29 is 13.9 Å². The minimum atomic E-state index is -0.276. The first-order chi connectivity index (χ1) is 10.2. The monoisotopic (exact) mass is 289 g/mol. The standard InChI is InChI=1S/C17H20FNO2/c1-20-9-8-13-2-6-17(7-3-13)21-12-14-4-5-16(18)10-15(14)11-19/h2-7,10H,8-9,11-12,19H2,1H3. The predicted molar refractivity (Wildman–Crippen MR) is 80.6 cm³/mol. The van der Waals surface area contributed by atoms with Crippen molar-refractivity contribution in [1.82, 2.24) is 0 Å². The molecule has 0 aliphatic heterocycles. The van der Waals surface area contributed by atoms with Gasteiger partial charge in [-0.05, 0) is 47.4 Å². The lowest BCUT2D eigenvalue weighted by Gasteiger charge is -2.10. The number of methoxy groups -OCH3 is 1. The Morgan fingerprint density at radius 1 is 1.05 bits per heavy atom. The van der Waals surface area contributed by atoms with Crippen molar-refractivity contribution in [2.45, 2.75) is 19.6 Å². The van der Waals surface area contributed by atoms with E-state index >= 15 is 0 Å². The smallest absolute Gasteiger partial charge is 0.123 e. The van der Waals surface area contributed by atoms with Crippen molar-refractivity contribution in [3.05, 3.63) is 65.0 Å². The van der Waals surface area contributed by atoms with E-state index in [2.05, 4.69) is 0 Å². The molecule has 0 saturated carbocycles. The fourth-order valence-corrected chi connectivity index (χ4v) is 2.06. The number of halogens is 1. The van der Waals surface area contributed by atoms with Crippen LogP contribution in [-0.2, 0) is 24.3 Å². The van der Waals surface area contributed by atoms with E-state index < -0.39 is 0 Å². The Bertz CT molecular complexity index is 570. The van der Waals surface area contributed by atoms with Gasteiger partial charge in [0.15, 0.2) is 0 Å². The summed E-state index contributed by atoms with van der Waals surface area (Å²) >= 11 is 0. The van der Waals surface area contributed by atoms with Crippen LogP contribution >= 0.6 is 0 Å². The van der Waals surface area contributed by atoms with Crippen LogP contribution in [0.3, 0.4) is 0 Å². The number of benzene rings is 2. The second kappa shape index (κ2) is 7.76. The zero-order valence-electron chi connectivity index (χ0n) is 12.1. The fourth-order valence-electron chi connectivity index (χ4n) is 2.06.